The molecule has 1 heterocycles. The number of rotatable bonds is 4. The Morgan fingerprint density at radius 1 is 1.08 bits per heavy atom. The van der Waals surface area contributed by atoms with Crippen molar-refractivity contribution in [1.82, 2.24) is 0 Å². The van der Waals surface area contributed by atoms with Crippen molar-refractivity contribution in [1.29, 1.82) is 0 Å². The van der Waals surface area contributed by atoms with Gasteiger partial charge in [0.2, 0.25) is 0 Å². The maximum atomic E-state index is 12.2. The predicted molar refractivity (Wildman–Crippen MR) is 93.0 cm³/mol. The highest BCUT2D eigenvalue weighted by molar-refractivity contribution is 5.90. The first kappa shape index (κ1) is 16.0. The highest BCUT2D eigenvalue weighted by Gasteiger charge is 2.11. The van der Waals surface area contributed by atoms with Crippen molar-refractivity contribution >= 4 is 16.9 Å². The molecule has 0 bridgehead atoms. The number of esters is 1. The van der Waals surface area contributed by atoms with E-state index in [2.05, 4.69) is 0 Å². The molecule has 122 valence electrons. The highest BCUT2D eigenvalue weighted by atomic mass is 16.5. The summed E-state index contributed by atoms with van der Waals surface area (Å²) in [6, 6.07) is 15.9. The number of para-hydroxylation sites is 1. The lowest BCUT2D eigenvalue weighted by molar-refractivity contribution is 0.0459. The molecular weight excluding hydrogens is 304 g/mol. The maximum Gasteiger partial charge on any atom is 0.344 e. The molecule has 0 amide bonds. The van der Waals surface area contributed by atoms with E-state index in [1.54, 1.807) is 36.4 Å². The Kier molecular flexibility index (Phi) is 4.47. The normalized spacial score (nSPS) is 11.0. The molecule has 0 aliphatic carbocycles. The van der Waals surface area contributed by atoms with E-state index in [1.165, 1.54) is 0 Å². The Morgan fingerprint density at radius 3 is 2.50 bits per heavy atom. The van der Waals surface area contributed by atoms with Gasteiger partial charge in [0.1, 0.15) is 5.58 Å². The minimum absolute atomic E-state index is 0.287. The van der Waals surface area contributed by atoms with Crippen LogP contribution in [0.1, 0.15) is 24.2 Å². The highest BCUT2D eigenvalue weighted by Crippen LogP contribution is 2.21. The molecule has 0 aliphatic heterocycles. The Hall–Kier alpha value is -2.88. The number of carbonyl (C=O) groups excluding carboxylic acids is 1. The van der Waals surface area contributed by atoms with E-state index in [1.807, 2.05) is 32.0 Å². The summed E-state index contributed by atoms with van der Waals surface area (Å²) in [5.41, 5.74) is 1.79. The van der Waals surface area contributed by atoms with Crippen molar-refractivity contribution in [3.05, 3.63) is 70.6 Å². The molecule has 24 heavy (non-hydrogen) atoms. The molecule has 4 nitrogen and oxygen atoms in total. The van der Waals surface area contributed by atoms with Gasteiger partial charge in [0.05, 0.1) is 17.7 Å². The van der Waals surface area contributed by atoms with E-state index in [4.69, 9.17) is 9.15 Å². The van der Waals surface area contributed by atoms with Crippen LogP contribution in [0.3, 0.4) is 0 Å². The molecule has 3 rings (SSSR count). The monoisotopic (exact) mass is 322 g/mol. The summed E-state index contributed by atoms with van der Waals surface area (Å²) in [6.45, 7) is 4.35. The average Bonchev–Trinajstić information content (AvgIpc) is 2.59. The second-order valence-electron chi connectivity index (χ2n) is 6.06. The summed E-state index contributed by atoms with van der Waals surface area (Å²) in [7, 11) is 0. The smallest absolute Gasteiger partial charge is 0.344 e. The van der Waals surface area contributed by atoms with Gasteiger partial charge in [-0.15, -0.1) is 0 Å². The number of hydrogen-bond donors (Lipinski definition) is 0. The minimum Gasteiger partial charge on any atom is -0.462 e. The van der Waals surface area contributed by atoms with E-state index < -0.39 is 5.63 Å². The molecule has 2 aromatic carbocycles. The van der Waals surface area contributed by atoms with E-state index in [0.29, 0.717) is 28.9 Å². The molecule has 0 fully saturated rings. The number of hydrogen-bond acceptors (Lipinski definition) is 4. The summed E-state index contributed by atoms with van der Waals surface area (Å²) in [5.74, 6) is -0.0729. The molecule has 0 saturated heterocycles. The summed E-state index contributed by atoms with van der Waals surface area (Å²) in [4.78, 5) is 24.1. The summed E-state index contributed by atoms with van der Waals surface area (Å²) in [6.07, 6.45) is 0. The van der Waals surface area contributed by atoms with E-state index in [-0.39, 0.29) is 11.9 Å². The number of carbonyl (C=O) groups is 1. The van der Waals surface area contributed by atoms with Crippen LogP contribution in [0.5, 0.6) is 0 Å². The standard InChI is InChI=1S/C20H18O4/c1-13(2)12-23-19(21)15-9-7-14(8-10-15)17-11-16-5-3-4-6-18(16)24-20(17)22/h3-11,13H,12H2,1-2H3. The summed E-state index contributed by atoms with van der Waals surface area (Å²) in [5, 5.41) is 0.854. The third-order valence-electron chi connectivity index (χ3n) is 3.62. The average molecular weight is 322 g/mol. The van der Waals surface area contributed by atoms with Crippen LogP contribution < -0.4 is 5.63 Å². The molecule has 0 saturated carbocycles. The van der Waals surface area contributed by atoms with Crippen molar-refractivity contribution in [3.63, 3.8) is 0 Å². The van der Waals surface area contributed by atoms with Crippen LogP contribution in [0.2, 0.25) is 0 Å². The minimum atomic E-state index is -0.399. The second-order valence-corrected chi connectivity index (χ2v) is 6.06. The quantitative estimate of drug-likeness (QED) is 0.531. The molecular formula is C20H18O4. The van der Waals surface area contributed by atoms with E-state index in [0.717, 1.165) is 5.39 Å². The maximum absolute atomic E-state index is 12.2. The largest absolute Gasteiger partial charge is 0.462 e. The van der Waals surface area contributed by atoms with Gasteiger partial charge in [0, 0.05) is 5.39 Å². The summed E-state index contributed by atoms with van der Waals surface area (Å²) < 4.78 is 10.5. The van der Waals surface area contributed by atoms with Gasteiger partial charge in [-0.1, -0.05) is 44.2 Å². The fourth-order valence-electron chi connectivity index (χ4n) is 2.37. The molecule has 0 radical (unpaired) electrons. The fraction of sp³-hybridized carbons (Fsp3) is 0.200. The number of ether oxygens (including phenoxy) is 1. The van der Waals surface area contributed by atoms with Gasteiger partial charge in [0.25, 0.3) is 0 Å². The SMILES string of the molecule is CC(C)COC(=O)c1ccc(-c2cc3ccccc3oc2=O)cc1. The number of benzene rings is 2. The number of fused-ring (bicyclic) bond motifs is 1. The molecule has 0 unspecified atom stereocenters. The van der Waals surface area contributed by atoms with Crippen LogP contribution in [-0.2, 0) is 4.74 Å². The Bertz CT molecular complexity index is 920. The molecule has 1 aromatic heterocycles. The van der Waals surface area contributed by atoms with Crippen molar-refractivity contribution in [2.24, 2.45) is 5.92 Å². The molecule has 4 heteroatoms. The molecule has 3 aromatic rings. The third-order valence-corrected chi connectivity index (χ3v) is 3.62. The molecule has 0 atom stereocenters. The lowest BCUT2D eigenvalue weighted by Gasteiger charge is -2.08. The van der Waals surface area contributed by atoms with Crippen molar-refractivity contribution < 1.29 is 13.9 Å². The first-order valence-electron chi connectivity index (χ1n) is 7.85. The van der Waals surface area contributed by atoms with Crippen LogP contribution in [0.25, 0.3) is 22.1 Å². The Balaban J connectivity index is 1.89. The van der Waals surface area contributed by atoms with Gasteiger partial charge < -0.3 is 9.15 Å². The third kappa shape index (κ3) is 3.38. The Morgan fingerprint density at radius 2 is 1.79 bits per heavy atom. The van der Waals surface area contributed by atoms with Crippen LogP contribution in [0, 0.1) is 5.92 Å². The first-order valence-corrected chi connectivity index (χ1v) is 7.85. The van der Waals surface area contributed by atoms with Gasteiger partial charge in [-0.3, -0.25) is 0 Å². The molecule has 0 spiro atoms. The van der Waals surface area contributed by atoms with Crippen LogP contribution in [-0.4, -0.2) is 12.6 Å². The van der Waals surface area contributed by atoms with E-state index in [9.17, 15) is 9.59 Å². The van der Waals surface area contributed by atoms with Gasteiger partial charge in [0.15, 0.2) is 0 Å². The van der Waals surface area contributed by atoms with Crippen LogP contribution in [0.15, 0.2) is 63.8 Å². The zero-order valence-corrected chi connectivity index (χ0v) is 13.6. The predicted octanol–water partition coefficient (Wildman–Crippen LogP) is 4.27. The van der Waals surface area contributed by atoms with Crippen molar-refractivity contribution in [2.45, 2.75) is 13.8 Å². The molecule has 0 aliphatic rings. The first-order chi connectivity index (χ1) is 11.5. The van der Waals surface area contributed by atoms with Crippen LogP contribution in [0.4, 0.5) is 0 Å². The van der Waals surface area contributed by atoms with Gasteiger partial charge >= 0.3 is 11.6 Å². The zero-order chi connectivity index (χ0) is 17.1. The zero-order valence-electron chi connectivity index (χ0n) is 13.6. The van der Waals surface area contributed by atoms with Crippen LogP contribution >= 0.6 is 0 Å². The lowest BCUT2D eigenvalue weighted by Crippen LogP contribution is -2.10. The van der Waals surface area contributed by atoms with Crippen molar-refractivity contribution in [3.8, 4) is 11.1 Å². The fourth-order valence-corrected chi connectivity index (χ4v) is 2.37. The van der Waals surface area contributed by atoms with E-state index >= 15 is 0 Å². The summed E-state index contributed by atoms with van der Waals surface area (Å²) >= 11 is 0. The lowest BCUT2D eigenvalue weighted by atomic mass is 10.0. The van der Waals surface area contributed by atoms with Crippen molar-refractivity contribution in [2.75, 3.05) is 6.61 Å². The topological polar surface area (TPSA) is 56.5 Å². The van der Waals surface area contributed by atoms with Gasteiger partial charge in [-0.25, -0.2) is 9.59 Å². The molecule has 0 N–H and O–H groups in total. The Labute approximate surface area is 139 Å². The second kappa shape index (κ2) is 6.71. The van der Waals surface area contributed by atoms with Gasteiger partial charge in [-0.2, -0.15) is 0 Å². The van der Waals surface area contributed by atoms with Gasteiger partial charge in [-0.05, 0) is 35.7 Å².